The molecule has 0 aliphatic carbocycles. The van der Waals surface area contributed by atoms with Crippen LogP contribution in [0.1, 0.15) is 22.5 Å². The number of hydrogen-bond donors (Lipinski definition) is 0. The predicted molar refractivity (Wildman–Crippen MR) is 87.1 cm³/mol. The van der Waals surface area contributed by atoms with Crippen molar-refractivity contribution in [1.82, 2.24) is 14.8 Å². The normalized spacial score (nSPS) is 11.7. The van der Waals surface area contributed by atoms with Crippen molar-refractivity contribution in [3.05, 3.63) is 57.9 Å². The lowest BCUT2D eigenvalue weighted by Crippen LogP contribution is -2.13. The number of aromatic nitrogens is 3. The molecule has 24 heavy (non-hydrogen) atoms. The first-order chi connectivity index (χ1) is 11.3. The molecule has 2 aromatic heterocycles. The molecule has 4 nitrogen and oxygen atoms in total. The molecular weight excluding hydrogens is 334 g/mol. The van der Waals surface area contributed by atoms with Gasteiger partial charge in [0.2, 0.25) is 0 Å². The van der Waals surface area contributed by atoms with Gasteiger partial charge in [-0.25, -0.2) is 9.67 Å². The molecule has 0 amide bonds. The molecule has 0 spiro atoms. The van der Waals surface area contributed by atoms with E-state index in [2.05, 4.69) is 10.1 Å². The fourth-order valence-corrected chi connectivity index (χ4v) is 2.85. The third-order valence-corrected chi connectivity index (χ3v) is 4.26. The molecule has 0 unspecified atom stereocenters. The van der Waals surface area contributed by atoms with E-state index in [1.165, 1.54) is 10.7 Å². The summed E-state index contributed by atoms with van der Waals surface area (Å²) in [5.74, 6) is -3.64. The maximum Gasteiger partial charge on any atom is 0.373 e. The standard InChI is InChI=1S/C17H13ClF2N4/c1-10-4-3-5-14(18)13(10)8-24-16-12(11(2)23-24)6-7-15(22-16)17(19,20)9-21/h3-7H,8H2,1-2H3. The van der Waals surface area contributed by atoms with Crippen LogP contribution in [-0.2, 0) is 12.5 Å². The maximum atomic E-state index is 13.6. The molecule has 0 fully saturated rings. The number of hydrogen-bond acceptors (Lipinski definition) is 3. The van der Waals surface area contributed by atoms with Crippen LogP contribution < -0.4 is 0 Å². The fourth-order valence-electron chi connectivity index (χ4n) is 2.57. The van der Waals surface area contributed by atoms with Gasteiger partial charge in [0.1, 0.15) is 11.8 Å². The number of alkyl halides is 2. The van der Waals surface area contributed by atoms with Gasteiger partial charge in [-0.3, -0.25) is 0 Å². The van der Waals surface area contributed by atoms with E-state index < -0.39 is 11.6 Å². The Bertz CT molecular complexity index is 952. The van der Waals surface area contributed by atoms with Crippen molar-refractivity contribution in [3.63, 3.8) is 0 Å². The van der Waals surface area contributed by atoms with E-state index >= 15 is 0 Å². The average molecular weight is 347 g/mol. The Hall–Kier alpha value is -2.52. The second kappa shape index (κ2) is 5.84. The summed E-state index contributed by atoms with van der Waals surface area (Å²) in [7, 11) is 0. The highest BCUT2D eigenvalue weighted by Crippen LogP contribution is 2.29. The number of halogens is 3. The molecule has 0 bridgehead atoms. The molecule has 0 saturated heterocycles. The van der Waals surface area contributed by atoms with Gasteiger partial charge in [-0.2, -0.15) is 19.1 Å². The van der Waals surface area contributed by atoms with Gasteiger partial charge < -0.3 is 0 Å². The molecule has 0 aliphatic rings. The summed E-state index contributed by atoms with van der Waals surface area (Å²) in [6.07, 6.45) is 0. The maximum absolute atomic E-state index is 13.6. The molecule has 0 N–H and O–H groups in total. The molecule has 3 rings (SSSR count). The lowest BCUT2D eigenvalue weighted by molar-refractivity contribution is 0.0566. The summed E-state index contributed by atoms with van der Waals surface area (Å²) in [4.78, 5) is 3.98. The van der Waals surface area contributed by atoms with Gasteiger partial charge in [0.25, 0.3) is 0 Å². The van der Waals surface area contributed by atoms with Crippen molar-refractivity contribution in [2.45, 2.75) is 26.3 Å². The molecule has 0 radical (unpaired) electrons. The first kappa shape index (κ1) is 16.3. The molecular formula is C17H13ClF2N4. The zero-order valence-corrected chi connectivity index (χ0v) is 13.8. The fraction of sp³-hybridized carbons (Fsp3) is 0.235. The number of fused-ring (bicyclic) bond motifs is 1. The van der Waals surface area contributed by atoms with Gasteiger partial charge >= 0.3 is 5.92 Å². The van der Waals surface area contributed by atoms with Crippen LogP contribution in [0.2, 0.25) is 5.02 Å². The smallest absolute Gasteiger partial charge is 0.242 e. The number of pyridine rings is 1. The topological polar surface area (TPSA) is 54.5 Å². The average Bonchev–Trinajstić information content (AvgIpc) is 2.87. The molecule has 122 valence electrons. The highest BCUT2D eigenvalue weighted by atomic mass is 35.5. The summed E-state index contributed by atoms with van der Waals surface area (Å²) in [6, 6.07) is 9.18. The molecule has 0 atom stereocenters. The number of rotatable bonds is 3. The molecule has 7 heteroatoms. The Morgan fingerprint density at radius 1 is 1.25 bits per heavy atom. The minimum atomic E-state index is -3.64. The van der Waals surface area contributed by atoms with Crippen molar-refractivity contribution < 1.29 is 8.78 Å². The van der Waals surface area contributed by atoms with Gasteiger partial charge in [-0.1, -0.05) is 23.7 Å². The van der Waals surface area contributed by atoms with Crippen LogP contribution >= 0.6 is 11.6 Å². The molecule has 3 aromatic rings. The van der Waals surface area contributed by atoms with Crippen LogP contribution in [0, 0.1) is 25.2 Å². The lowest BCUT2D eigenvalue weighted by Gasteiger charge is -2.10. The van der Waals surface area contributed by atoms with E-state index in [0.717, 1.165) is 23.3 Å². The van der Waals surface area contributed by atoms with Crippen molar-refractivity contribution in [3.8, 4) is 6.07 Å². The van der Waals surface area contributed by atoms with Crippen LogP contribution in [0.3, 0.4) is 0 Å². The summed E-state index contributed by atoms with van der Waals surface area (Å²) in [5, 5.41) is 14.2. The Kier molecular flexibility index (Phi) is 3.98. The van der Waals surface area contributed by atoms with Crippen molar-refractivity contribution in [2.75, 3.05) is 0 Å². The van der Waals surface area contributed by atoms with Crippen molar-refractivity contribution in [2.24, 2.45) is 0 Å². The van der Waals surface area contributed by atoms with E-state index in [1.54, 1.807) is 13.0 Å². The van der Waals surface area contributed by atoms with Gasteiger partial charge in [-0.05, 0) is 43.2 Å². The van der Waals surface area contributed by atoms with Crippen molar-refractivity contribution >= 4 is 22.6 Å². The van der Waals surface area contributed by atoms with Crippen LogP contribution in [0.4, 0.5) is 8.78 Å². The third kappa shape index (κ3) is 2.72. The zero-order chi connectivity index (χ0) is 17.5. The van der Waals surface area contributed by atoms with Gasteiger partial charge in [-0.15, -0.1) is 0 Å². The number of nitriles is 1. The monoisotopic (exact) mass is 346 g/mol. The summed E-state index contributed by atoms with van der Waals surface area (Å²) in [6.45, 7) is 4.01. The predicted octanol–water partition coefficient (Wildman–Crippen LogP) is 4.37. The number of nitrogens with zero attached hydrogens (tertiary/aromatic N) is 4. The summed E-state index contributed by atoms with van der Waals surface area (Å²) >= 11 is 6.24. The van der Waals surface area contributed by atoms with Gasteiger partial charge in [0.15, 0.2) is 5.65 Å². The van der Waals surface area contributed by atoms with Gasteiger partial charge in [0, 0.05) is 10.4 Å². The van der Waals surface area contributed by atoms with E-state index in [9.17, 15) is 8.78 Å². The van der Waals surface area contributed by atoms with Gasteiger partial charge in [0.05, 0.1) is 12.2 Å². The van der Waals surface area contributed by atoms with E-state index in [-0.39, 0.29) is 0 Å². The molecule has 2 heterocycles. The van der Waals surface area contributed by atoms with Crippen LogP contribution in [0.5, 0.6) is 0 Å². The minimum absolute atomic E-state index is 0.305. The molecule has 0 aliphatic heterocycles. The minimum Gasteiger partial charge on any atom is -0.242 e. The van der Waals surface area contributed by atoms with Crippen LogP contribution in [0.15, 0.2) is 30.3 Å². The van der Waals surface area contributed by atoms with Crippen molar-refractivity contribution in [1.29, 1.82) is 5.26 Å². The van der Waals surface area contributed by atoms with E-state index in [0.29, 0.717) is 28.3 Å². The number of aryl methyl sites for hydroxylation is 2. The zero-order valence-electron chi connectivity index (χ0n) is 13.0. The quantitative estimate of drug-likeness (QED) is 0.707. The Morgan fingerprint density at radius 2 is 2.00 bits per heavy atom. The first-order valence-corrected chi connectivity index (χ1v) is 7.59. The molecule has 0 saturated carbocycles. The van der Waals surface area contributed by atoms with E-state index in [4.69, 9.17) is 16.9 Å². The first-order valence-electron chi connectivity index (χ1n) is 7.21. The van der Waals surface area contributed by atoms with E-state index in [1.807, 2.05) is 19.1 Å². The Balaban J connectivity index is 2.15. The molecule has 1 aromatic carbocycles. The number of benzene rings is 1. The summed E-state index contributed by atoms with van der Waals surface area (Å²) < 4.78 is 28.8. The largest absolute Gasteiger partial charge is 0.373 e. The highest BCUT2D eigenvalue weighted by Gasteiger charge is 2.33. The Morgan fingerprint density at radius 3 is 2.67 bits per heavy atom. The highest BCUT2D eigenvalue weighted by molar-refractivity contribution is 6.31. The SMILES string of the molecule is Cc1cccc(Cl)c1Cn1nc(C)c2ccc(C(F)(F)C#N)nc21. The second-order valence-electron chi connectivity index (χ2n) is 5.53. The lowest BCUT2D eigenvalue weighted by atomic mass is 10.1. The summed E-state index contributed by atoms with van der Waals surface area (Å²) in [5.41, 5.74) is 2.22. The van der Waals surface area contributed by atoms with Crippen LogP contribution in [0.25, 0.3) is 11.0 Å². The third-order valence-electron chi connectivity index (χ3n) is 3.90. The second-order valence-corrected chi connectivity index (χ2v) is 5.94. The van der Waals surface area contributed by atoms with Crippen LogP contribution in [-0.4, -0.2) is 14.8 Å². The Labute approximate surface area is 142 Å².